The van der Waals surface area contributed by atoms with Crippen LogP contribution in [0.15, 0.2) is 49.1 Å². The van der Waals surface area contributed by atoms with Crippen molar-refractivity contribution in [3.05, 3.63) is 71.8 Å². The highest BCUT2D eigenvalue weighted by Gasteiger charge is 2.11. The summed E-state index contributed by atoms with van der Waals surface area (Å²) in [5.41, 5.74) is 1.91. The van der Waals surface area contributed by atoms with Gasteiger partial charge in [-0.15, -0.1) is 0 Å². The van der Waals surface area contributed by atoms with Crippen molar-refractivity contribution in [2.75, 3.05) is 7.11 Å². The molecule has 0 spiro atoms. The van der Waals surface area contributed by atoms with E-state index in [0.717, 1.165) is 11.1 Å². The fourth-order valence-corrected chi connectivity index (χ4v) is 2.52. The fourth-order valence-electron chi connectivity index (χ4n) is 2.52. The molecule has 1 aromatic heterocycles. The Morgan fingerprint density at radius 3 is 2.64 bits per heavy atom. The maximum atomic E-state index is 14.2. The third-order valence-corrected chi connectivity index (χ3v) is 3.97. The van der Waals surface area contributed by atoms with Gasteiger partial charge in [0.2, 0.25) is 0 Å². The predicted octanol–water partition coefficient (Wildman–Crippen LogP) is 3.40. The number of methoxy groups -OCH3 is 1. The lowest BCUT2D eigenvalue weighted by Crippen LogP contribution is -2.18. The van der Waals surface area contributed by atoms with Gasteiger partial charge < -0.3 is 10.1 Å². The molecule has 1 heterocycles. The Kier molecular flexibility index (Phi) is 5.04. The first-order chi connectivity index (χ1) is 12.1. The second-order valence-electron chi connectivity index (χ2n) is 5.62. The van der Waals surface area contributed by atoms with Crippen molar-refractivity contribution < 1.29 is 13.5 Å². The van der Waals surface area contributed by atoms with Crippen LogP contribution in [0.3, 0.4) is 0 Å². The lowest BCUT2D eigenvalue weighted by molar-refractivity contribution is 0.385. The van der Waals surface area contributed by atoms with Crippen LogP contribution in [0.4, 0.5) is 8.78 Å². The second-order valence-corrected chi connectivity index (χ2v) is 5.62. The molecule has 25 heavy (non-hydrogen) atoms. The van der Waals surface area contributed by atoms with Crippen molar-refractivity contribution >= 4 is 0 Å². The van der Waals surface area contributed by atoms with Crippen LogP contribution in [-0.2, 0) is 6.54 Å². The van der Waals surface area contributed by atoms with Crippen LogP contribution < -0.4 is 10.1 Å². The third kappa shape index (κ3) is 3.83. The van der Waals surface area contributed by atoms with Crippen LogP contribution in [0.5, 0.6) is 5.75 Å². The molecule has 0 aliphatic heterocycles. The van der Waals surface area contributed by atoms with Gasteiger partial charge in [0.15, 0.2) is 11.6 Å². The van der Waals surface area contributed by atoms with Crippen LogP contribution in [0.1, 0.15) is 24.1 Å². The molecule has 0 fully saturated rings. The zero-order valence-corrected chi connectivity index (χ0v) is 13.9. The monoisotopic (exact) mass is 344 g/mol. The van der Waals surface area contributed by atoms with Gasteiger partial charge in [-0.05, 0) is 42.3 Å². The minimum atomic E-state index is -0.406. The Morgan fingerprint density at radius 2 is 2.00 bits per heavy atom. The van der Waals surface area contributed by atoms with Gasteiger partial charge >= 0.3 is 0 Å². The van der Waals surface area contributed by atoms with E-state index in [1.807, 2.05) is 13.0 Å². The van der Waals surface area contributed by atoms with Crippen LogP contribution in [0.2, 0.25) is 0 Å². The molecule has 0 unspecified atom stereocenters. The second kappa shape index (κ2) is 7.40. The molecule has 0 aliphatic rings. The van der Waals surface area contributed by atoms with E-state index >= 15 is 0 Å². The molecule has 3 rings (SSSR count). The number of hydrogen-bond donors (Lipinski definition) is 1. The number of rotatable bonds is 6. The standard InChI is InChI=1S/C18H18F2N4O/c1-12(14-4-6-18(25-2)16(20)8-14)22-9-13-3-5-17(15(19)7-13)24-11-21-10-23-24/h3-8,10-12,22H,9H2,1-2H3/t12-/m1/s1. The number of hydrogen-bond acceptors (Lipinski definition) is 4. The van der Waals surface area contributed by atoms with E-state index in [0.29, 0.717) is 12.2 Å². The van der Waals surface area contributed by atoms with Crippen molar-refractivity contribution in [3.8, 4) is 11.4 Å². The highest BCUT2D eigenvalue weighted by Crippen LogP contribution is 2.22. The summed E-state index contributed by atoms with van der Waals surface area (Å²) < 4.78 is 34.3. The molecular formula is C18H18F2N4O. The minimum absolute atomic E-state index is 0.0986. The van der Waals surface area contributed by atoms with Gasteiger partial charge in [-0.2, -0.15) is 5.10 Å². The Bertz CT molecular complexity index is 852. The van der Waals surface area contributed by atoms with E-state index < -0.39 is 5.82 Å². The van der Waals surface area contributed by atoms with Gasteiger partial charge in [0.25, 0.3) is 0 Å². The first kappa shape index (κ1) is 17.0. The lowest BCUT2D eigenvalue weighted by atomic mass is 10.1. The molecule has 0 aliphatic carbocycles. The summed E-state index contributed by atoms with van der Waals surface area (Å²) in [5, 5.41) is 7.17. The van der Waals surface area contributed by atoms with E-state index in [9.17, 15) is 8.78 Å². The molecule has 0 saturated carbocycles. The molecule has 0 radical (unpaired) electrons. The first-order valence-corrected chi connectivity index (χ1v) is 7.78. The molecule has 7 heteroatoms. The zero-order chi connectivity index (χ0) is 17.8. The average Bonchev–Trinajstić information content (AvgIpc) is 3.14. The summed E-state index contributed by atoms with van der Waals surface area (Å²) >= 11 is 0. The smallest absolute Gasteiger partial charge is 0.165 e. The molecule has 1 N–H and O–H groups in total. The molecule has 1 atom stereocenters. The summed E-state index contributed by atoms with van der Waals surface area (Å²) in [7, 11) is 1.43. The Balaban J connectivity index is 1.67. The van der Waals surface area contributed by atoms with Gasteiger partial charge in [-0.1, -0.05) is 12.1 Å². The normalized spacial score (nSPS) is 12.2. The van der Waals surface area contributed by atoms with Crippen LogP contribution >= 0.6 is 0 Å². The SMILES string of the molecule is COc1ccc([C@@H](C)NCc2ccc(-n3cncn3)c(F)c2)cc1F. The van der Waals surface area contributed by atoms with Gasteiger partial charge in [0, 0.05) is 12.6 Å². The molecule has 0 amide bonds. The quantitative estimate of drug-likeness (QED) is 0.745. The molecule has 0 saturated heterocycles. The highest BCUT2D eigenvalue weighted by molar-refractivity contribution is 5.35. The van der Waals surface area contributed by atoms with Crippen LogP contribution in [0, 0.1) is 11.6 Å². The van der Waals surface area contributed by atoms with Gasteiger partial charge in [-0.3, -0.25) is 0 Å². The summed E-state index contributed by atoms with van der Waals surface area (Å²) in [6, 6.07) is 9.64. The number of ether oxygens (including phenoxy) is 1. The summed E-state index contributed by atoms with van der Waals surface area (Å²) in [4.78, 5) is 3.81. The number of aromatic nitrogens is 3. The maximum absolute atomic E-state index is 14.2. The largest absolute Gasteiger partial charge is 0.494 e. The van der Waals surface area contributed by atoms with Crippen molar-refractivity contribution in [2.24, 2.45) is 0 Å². The summed E-state index contributed by atoms with van der Waals surface area (Å²) in [6.45, 7) is 2.37. The summed E-state index contributed by atoms with van der Waals surface area (Å²) in [5.74, 6) is -0.577. The third-order valence-electron chi connectivity index (χ3n) is 3.97. The van der Waals surface area contributed by atoms with Crippen LogP contribution in [-0.4, -0.2) is 21.9 Å². The molecule has 0 bridgehead atoms. The Hall–Kier alpha value is -2.80. The molecule has 130 valence electrons. The maximum Gasteiger partial charge on any atom is 0.165 e. The van der Waals surface area contributed by atoms with E-state index in [1.165, 1.54) is 36.6 Å². The highest BCUT2D eigenvalue weighted by atomic mass is 19.1. The summed E-state index contributed by atoms with van der Waals surface area (Å²) in [6.07, 6.45) is 2.79. The van der Waals surface area contributed by atoms with Gasteiger partial charge in [-0.25, -0.2) is 18.4 Å². The van der Waals surface area contributed by atoms with E-state index in [1.54, 1.807) is 18.2 Å². The van der Waals surface area contributed by atoms with E-state index in [2.05, 4.69) is 15.4 Å². The van der Waals surface area contributed by atoms with Crippen molar-refractivity contribution in [1.82, 2.24) is 20.1 Å². The zero-order valence-electron chi connectivity index (χ0n) is 13.9. The average molecular weight is 344 g/mol. The van der Waals surface area contributed by atoms with Crippen LogP contribution in [0.25, 0.3) is 5.69 Å². The first-order valence-electron chi connectivity index (χ1n) is 7.78. The van der Waals surface area contributed by atoms with E-state index in [-0.39, 0.29) is 17.6 Å². The fraction of sp³-hybridized carbons (Fsp3) is 0.222. The molecular weight excluding hydrogens is 326 g/mol. The number of nitrogens with one attached hydrogen (secondary N) is 1. The van der Waals surface area contributed by atoms with Gasteiger partial charge in [0.1, 0.15) is 24.2 Å². The number of nitrogens with zero attached hydrogens (tertiary/aromatic N) is 3. The topological polar surface area (TPSA) is 52.0 Å². The molecule has 5 nitrogen and oxygen atoms in total. The van der Waals surface area contributed by atoms with Crippen molar-refractivity contribution in [3.63, 3.8) is 0 Å². The molecule has 3 aromatic rings. The Morgan fingerprint density at radius 1 is 1.16 bits per heavy atom. The van der Waals surface area contributed by atoms with Crippen molar-refractivity contribution in [2.45, 2.75) is 19.5 Å². The molecule has 2 aromatic carbocycles. The minimum Gasteiger partial charge on any atom is -0.494 e. The predicted molar refractivity (Wildman–Crippen MR) is 89.5 cm³/mol. The Labute approximate surface area is 144 Å². The lowest BCUT2D eigenvalue weighted by Gasteiger charge is -2.15. The van der Waals surface area contributed by atoms with Crippen molar-refractivity contribution in [1.29, 1.82) is 0 Å². The number of halogens is 2. The van der Waals surface area contributed by atoms with Gasteiger partial charge in [0.05, 0.1) is 7.11 Å². The van der Waals surface area contributed by atoms with E-state index in [4.69, 9.17) is 4.74 Å². The number of benzene rings is 2.